The van der Waals surface area contributed by atoms with Gasteiger partial charge in [0, 0.05) is 36.8 Å². The third kappa shape index (κ3) is 4.00. The average molecular weight is 412 g/mol. The molecule has 30 heavy (non-hydrogen) atoms. The van der Waals surface area contributed by atoms with E-state index in [-0.39, 0.29) is 47.3 Å². The quantitative estimate of drug-likeness (QED) is 0.830. The summed E-state index contributed by atoms with van der Waals surface area (Å²) in [5, 5.41) is 2.70. The van der Waals surface area contributed by atoms with Crippen LogP contribution in [0.5, 0.6) is 0 Å². The van der Waals surface area contributed by atoms with Crippen LogP contribution >= 0.6 is 0 Å². The summed E-state index contributed by atoms with van der Waals surface area (Å²) in [7, 11) is 3.58. The number of anilines is 1. The van der Waals surface area contributed by atoms with Crippen LogP contribution in [-0.2, 0) is 11.3 Å². The number of carbonyl (C=O) groups is 2. The largest absolute Gasteiger partial charge is 0.338 e. The molecule has 1 aromatic heterocycles. The predicted molar refractivity (Wildman–Crippen MR) is 111 cm³/mol. The average Bonchev–Trinajstić information content (AvgIpc) is 2.70. The number of fused-ring (bicyclic) bond motifs is 4. The van der Waals surface area contributed by atoms with Crippen LogP contribution in [0.15, 0.2) is 41.2 Å². The molecule has 8 heteroatoms. The van der Waals surface area contributed by atoms with E-state index < -0.39 is 0 Å². The van der Waals surface area contributed by atoms with Gasteiger partial charge in [-0.15, -0.1) is 0 Å². The zero-order valence-electron chi connectivity index (χ0n) is 17.1. The van der Waals surface area contributed by atoms with E-state index in [1.807, 2.05) is 6.07 Å². The third-order valence-corrected chi connectivity index (χ3v) is 5.72. The molecule has 4 rings (SSSR count). The number of halogens is 1. The summed E-state index contributed by atoms with van der Waals surface area (Å²) in [5.41, 5.74) is 1.43. The smallest absolute Gasteiger partial charge is 0.274 e. The molecule has 0 spiro atoms. The molecule has 1 N–H and O–H groups in total. The molecule has 2 amide bonds. The molecule has 2 bridgehead atoms. The van der Waals surface area contributed by atoms with Crippen molar-refractivity contribution in [2.45, 2.75) is 18.9 Å². The molecule has 1 fully saturated rings. The van der Waals surface area contributed by atoms with Gasteiger partial charge in [0.1, 0.15) is 11.5 Å². The summed E-state index contributed by atoms with van der Waals surface area (Å²) in [5.74, 6) is -0.506. The number of likely N-dealkylation sites (tertiary alicyclic amines) is 1. The summed E-state index contributed by atoms with van der Waals surface area (Å²) >= 11 is 0. The minimum atomic E-state index is -0.371. The van der Waals surface area contributed by atoms with Gasteiger partial charge in [-0.05, 0) is 62.8 Å². The summed E-state index contributed by atoms with van der Waals surface area (Å²) in [4.78, 5) is 41.4. The maximum Gasteiger partial charge on any atom is 0.274 e. The summed E-state index contributed by atoms with van der Waals surface area (Å²) in [6.07, 6.45) is 0.916. The number of piperidine rings is 1. The zero-order chi connectivity index (χ0) is 21.4. The molecule has 3 heterocycles. The van der Waals surface area contributed by atoms with E-state index in [2.05, 4.69) is 5.32 Å². The van der Waals surface area contributed by atoms with Gasteiger partial charge in [-0.2, -0.15) is 0 Å². The van der Waals surface area contributed by atoms with E-state index in [9.17, 15) is 18.8 Å². The number of rotatable bonds is 4. The monoisotopic (exact) mass is 412 g/mol. The lowest BCUT2D eigenvalue weighted by Crippen LogP contribution is -2.49. The third-order valence-electron chi connectivity index (χ3n) is 5.72. The number of hydrogen-bond donors (Lipinski definition) is 1. The maximum absolute atomic E-state index is 13.2. The Bertz CT molecular complexity index is 1030. The molecule has 0 unspecified atom stereocenters. The molecule has 2 aliphatic heterocycles. The van der Waals surface area contributed by atoms with Gasteiger partial charge in [0.2, 0.25) is 5.91 Å². The molecule has 158 valence electrons. The fraction of sp³-hybridized carbons (Fsp3) is 0.409. The lowest BCUT2D eigenvalue weighted by Gasteiger charge is -2.43. The Kier molecular flexibility index (Phi) is 5.42. The van der Waals surface area contributed by atoms with Crippen molar-refractivity contribution in [2.24, 2.45) is 5.92 Å². The number of hydrogen-bond acceptors (Lipinski definition) is 4. The van der Waals surface area contributed by atoms with Crippen molar-refractivity contribution in [3.63, 3.8) is 0 Å². The Morgan fingerprint density at radius 3 is 2.53 bits per heavy atom. The van der Waals surface area contributed by atoms with Gasteiger partial charge in [-0.3, -0.25) is 14.4 Å². The maximum atomic E-state index is 13.2. The molecule has 2 aromatic rings. The number of likely N-dealkylation sites (N-methyl/N-ethyl adjacent to an activating group) is 1. The molecule has 7 nitrogen and oxygen atoms in total. The van der Waals surface area contributed by atoms with Crippen LogP contribution in [0.4, 0.5) is 10.1 Å². The highest BCUT2D eigenvalue weighted by Gasteiger charge is 2.37. The second-order valence-corrected chi connectivity index (χ2v) is 8.39. The van der Waals surface area contributed by atoms with Crippen LogP contribution in [-0.4, -0.2) is 59.9 Å². The number of benzene rings is 1. The van der Waals surface area contributed by atoms with E-state index in [0.29, 0.717) is 25.2 Å². The van der Waals surface area contributed by atoms with Crippen LogP contribution in [0.1, 0.15) is 28.4 Å². The Morgan fingerprint density at radius 1 is 1.10 bits per heavy atom. The van der Waals surface area contributed by atoms with Crippen LogP contribution in [0, 0.1) is 11.7 Å². The number of aromatic nitrogens is 1. The molecule has 0 saturated carbocycles. The Labute approximate surface area is 174 Å². The fourth-order valence-electron chi connectivity index (χ4n) is 4.46. The molecule has 2 aliphatic rings. The lowest BCUT2D eigenvalue weighted by molar-refractivity contribution is -0.116. The van der Waals surface area contributed by atoms with Crippen molar-refractivity contribution in [3.8, 4) is 0 Å². The van der Waals surface area contributed by atoms with E-state index in [4.69, 9.17) is 0 Å². The first-order valence-electron chi connectivity index (χ1n) is 10.0. The van der Waals surface area contributed by atoms with Crippen molar-refractivity contribution in [3.05, 3.63) is 63.8 Å². The molecule has 0 radical (unpaired) electrons. The van der Waals surface area contributed by atoms with Crippen LogP contribution in [0.3, 0.4) is 0 Å². The highest BCUT2D eigenvalue weighted by molar-refractivity contribution is 5.94. The fourth-order valence-corrected chi connectivity index (χ4v) is 4.46. The molecular weight excluding hydrogens is 387 g/mol. The highest BCUT2D eigenvalue weighted by Crippen LogP contribution is 2.36. The summed E-state index contributed by atoms with van der Waals surface area (Å²) in [6, 6.07) is 9.12. The van der Waals surface area contributed by atoms with Gasteiger partial charge >= 0.3 is 0 Å². The number of amides is 2. The van der Waals surface area contributed by atoms with Crippen molar-refractivity contribution >= 4 is 17.5 Å². The number of pyridine rings is 1. The van der Waals surface area contributed by atoms with Gasteiger partial charge in [-0.1, -0.05) is 0 Å². The minimum absolute atomic E-state index is 0.0566. The summed E-state index contributed by atoms with van der Waals surface area (Å²) in [6.45, 7) is 1.77. The number of carbonyl (C=O) groups excluding carboxylic acids is 2. The number of nitrogens with zero attached hydrogens (tertiary/aromatic N) is 3. The zero-order valence-corrected chi connectivity index (χ0v) is 17.1. The Morgan fingerprint density at radius 2 is 1.83 bits per heavy atom. The van der Waals surface area contributed by atoms with Gasteiger partial charge in [0.25, 0.3) is 11.5 Å². The van der Waals surface area contributed by atoms with E-state index in [0.717, 1.165) is 12.1 Å². The molecule has 0 aliphatic carbocycles. The summed E-state index contributed by atoms with van der Waals surface area (Å²) < 4.78 is 14.9. The normalized spacial score (nSPS) is 20.1. The molecular formula is C22H25FN4O3. The molecule has 2 atom stereocenters. The van der Waals surface area contributed by atoms with Crippen molar-refractivity contribution in [1.82, 2.24) is 14.4 Å². The SMILES string of the molecule is CN(C)CC(=O)Nc1ccc2n(c1=O)C[C@@H]1C[C@@H]2CN(C(=O)c2ccc(F)cc2)C1. The topological polar surface area (TPSA) is 74.7 Å². The van der Waals surface area contributed by atoms with Gasteiger partial charge in [0.05, 0.1) is 6.54 Å². The first kappa shape index (κ1) is 20.3. The minimum Gasteiger partial charge on any atom is -0.338 e. The number of nitrogens with one attached hydrogen (secondary N) is 1. The molecule has 1 aromatic carbocycles. The van der Waals surface area contributed by atoms with E-state index in [1.165, 1.54) is 24.3 Å². The standard InChI is InChI=1S/C22H25FN4O3/c1-25(2)13-20(28)24-18-7-8-19-16-9-14(11-27(19)22(18)30)10-26(12-16)21(29)15-3-5-17(23)6-4-15/h3-8,14,16H,9-13H2,1-2H3,(H,24,28)/t14-,16-/m1/s1. The highest BCUT2D eigenvalue weighted by atomic mass is 19.1. The van der Waals surface area contributed by atoms with E-state index in [1.54, 1.807) is 34.5 Å². The Balaban J connectivity index is 1.54. The van der Waals surface area contributed by atoms with Gasteiger partial charge in [0.15, 0.2) is 0 Å². The first-order valence-corrected chi connectivity index (χ1v) is 10.0. The second kappa shape index (κ2) is 8.02. The lowest BCUT2D eigenvalue weighted by atomic mass is 9.83. The van der Waals surface area contributed by atoms with Crippen molar-refractivity contribution in [1.29, 1.82) is 0 Å². The van der Waals surface area contributed by atoms with Gasteiger partial charge < -0.3 is 19.7 Å². The molecule has 1 saturated heterocycles. The van der Waals surface area contributed by atoms with Crippen molar-refractivity contribution < 1.29 is 14.0 Å². The second-order valence-electron chi connectivity index (χ2n) is 8.39. The first-order chi connectivity index (χ1) is 14.3. The van der Waals surface area contributed by atoms with E-state index >= 15 is 0 Å². The Hall–Kier alpha value is -3.00. The van der Waals surface area contributed by atoms with Crippen LogP contribution in [0.2, 0.25) is 0 Å². The predicted octanol–water partition coefficient (Wildman–Crippen LogP) is 1.75. The van der Waals surface area contributed by atoms with Crippen LogP contribution in [0.25, 0.3) is 0 Å². The van der Waals surface area contributed by atoms with Crippen molar-refractivity contribution in [2.75, 3.05) is 39.0 Å². The van der Waals surface area contributed by atoms with Gasteiger partial charge in [-0.25, -0.2) is 4.39 Å². The van der Waals surface area contributed by atoms with Crippen LogP contribution < -0.4 is 10.9 Å².